The molecule has 1 fully saturated rings. The second-order valence-corrected chi connectivity index (χ2v) is 4.64. The maximum absolute atomic E-state index is 5.70. The number of nitrogens with one attached hydrogen (secondary N) is 1. The topological polar surface area (TPSA) is 30.5 Å². The Morgan fingerprint density at radius 2 is 2.06 bits per heavy atom. The Balaban J connectivity index is 1.87. The first-order chi connectivity index (χ1) is 8.29. The summed E-state index contributed by atoms with van der Waals surface area (Å²) >= 11 is 0. The standard InChI is InChI=1S/C14H21NO2/c1-11(15-17-13-7-3-4-8-13)12-6-5-9-14(10-12)16-2/h5-6,9-11,13,15H,3-4,7-8H2,1-2H3. The van der Waals surface area contributed by atoms with Gasteiger partial charge in [-0.25, -0.2) is 0 Å². The molecule has 1 aromatic rings. The van der Waals surface area contributed by atoms with Crippen LogP contribution in [0.15, 0.2) is 24.3 Å². The van der Waals surface area contributed by atoms with Gasteiger partial charge < -0.3 is 4.74 Å². The summed E-state index contributed by atoms with van der Waals surface area (Å²) in [6.45, 7) is 2.10. The lowest BCUT2D eigenvalue weighted by molar-refractivity contribution is -0.0377. The van der Waals surface area contributed by atoms with Crippen molar-refractivity contribution in [3.05, 3.63) is 29.8 Å². The Labute approximate surface area is 103 Å². The summed E-state index contributed by atoms with van der Waals surface area (Å²) in [5.41, 5.74) is 4.32. The smallest absolute Gasteiger partial charge is 0.119 e. The fourth-order valence-electron chi connectivity index (χ4n) is 2.18. The Hall–Kier alpha value is -1.06. The number of hydrogen-bond acceptors (Lipinski definition) is 3. The Kier molecular flexibility index (Phi) is 4.40. The molecule has 3 nitrogen and oxygen atoms in total. The fraction of sp³-hybridized carbons (Fsp3) is 0.571. The molecular formula is C14H21NO2. The molecule has 0 aliphatic heterocycles. The quantitative estimate of drug-likeness (QED) is 0.795. The number of hydroxylamine groups is 1. The van der Waals surface area contributed by atoms with Crippen molar-refractivity contribution in [3.63, 3.8) is 0 Å². The Morgan fingerprint density at radius 1 is 1.29 bits per heavy atom. The van der Waals surface area contributed by atoms with E-state index >= 15 is 0 Å². The Bertz CT molecular complexity index is 348. The zero-order valence-corrected chi connectivity index (χ0v) is 10.6. The van der Waals surface area contributed by atoms with E-state index in [2.05, 4.69) is 18.5 Å². The molecule has 1 aliphatic carbocycles. The summed E-state index contributed by atoms with van der Waals surface area (Å²) in [5.74, 6) is 0.886. The third-order valence-corrected chi connectivity index (χ3v) is 3.31. The number of ether oxygens (including phenoxy) is 1. The minimum Gasteiger partial charge on any atom is -0.497 e. The zero-order valence-electron chi connectivity index (χ0n) is 10.6. The van der Waals surface area contributed by atoms with Gasteiger partial charge in [-0.1, -0.05) is 25.0 Å². The Morgan fingerprint density at radius 3 is 2.76 bits per heavy atom. The summed E-state index contributed by atoms with van der Waals surface area (Å²) in [6.07, 6.45) is 5.33. The van der Waals surface area contributed by atoms with E-state index in [0.717, 1.165) is 5.75 Å². The molecular weight excluding hydrogens is 214 g/mol. The minimum atomic E-state index is 0.186. The van der Waals surface area contributed by atoms with Crippen molar-refractivity contribution in [2.24, 2.45) is 0 Å². The van der Waals surface area contributed by atoms with Crippen molar-refractivity contribution < 1.29 is 9.57 Å². The average molecular weight is 235 g/mol. The highest BCUT2D eigenvalue weighted by Crippen LogP contribution is 2.22. The number of methoxy groups -OCH3 is 1. The van der Waals surface area contributed by atoms with Crippen LogP contribution in [0.4, 0.5) is 0 Å². The highest BCUT2D eigenvalue weighted by Gasteiger charge is 2.17. The number of rotatable bonds is 5. The average Bonchev–Trinajstić information content (AvgIpc) is 2.89. The molecule has 1 aromatic carbocycles. The van der Waals surface area contributed by atoms with E-state index < -0.39 is 0 Å². The molecule has 0 radical (unpaired) electrons. The van der Waals surface area contributed by atoms with E-state index in [1.165, 1.54) is 31.2 Å². The van der Waals surface area contributed by atoms with Crippen molar-refractivity contribution in [1.29, 1.82) is 0 Å². The van der Waals surface area contributed by atoms with E-state index in [-0.39, 0.29) is 6.04 Å². The molecule has 3 heteroatoms. The molecule has 0 amide bonds. The maximum atomic E-state index is 5.70. The van der Waals surface area contributed by atoms with Gasteiger partial charge in [-0.3, -0.25) is 4.84 Å². The molecule has 1 atom stereocenters. The van der Waals surface area contributed by atoms with Crippen LogP contribution in [0.2, 0.25) is 0 Å². The summed E-state index contributed by atoms with van der Waals surface area (Å²) < 4.78 is 5.21. The second kappa shape index (κ2) is 6.03. The van der Waals surface area contributed by atoms with Crippen LogP contribution in [0.25, 0.3) is 0 Å². The maximum Gasteiger partial charge on any atom is 0.119 e. The highest BCUT2D eigenvalue weighted by molar-refractivity contribution is 5.29. The molecule has 94 valence electrons. The molecule has 1 aliphatic rings. The van der Waals surface area contributed by atoms with E-state index in [9.17, 15) is 0 Å². The van der Waals surface area contributed by atoms with Crippen LogP contribution in [0.5, 0.6) is 5.75 Å². The summed E-state index contributed by atoms with van der Waals surface area (Å²) in [7, 11) is 1.69. The first kappa shape index (κ1) is 12.4. The van der Waals surface area contributed by atoms with Crippen LogP contribution in [0.1, 0.15) is 44.2 Å². The molecule has 0 spiro atoms. The zero-order chi connectivity index (χ0) is 12.1. The molecule has 17 heavy (non-hydrogen) atoms. The van der Waals surface area contributed by atoms with E-state index in [0.29, 0.717) is 6.10 Å². The largest absolute Gasteiger partial charge is 0.497 e. The molecule has 0 aromatic heterocycles. The van der Waals surface area contributed by atoms with Crippen LogP contribution in [-0.2, 0) is 4.84 Å². The van der Waals surface area contributed by atoms with E-state index in [4.69, 9.17) is 9.57 Å². The van der Waals surface area contributed by atoms with Gasteiger partial charge in [-0.05, 0) is 37.5 Å². The van der Waals surface area contributed by atoms with Gasteiger partial charge in [-0.2, -0.15) is 5.48 Å². The SMILES string of the molecule is COc1cccc(C(C)NOC2CCCC2)c1. The van der Waals surface area contributed by atoms with Crippen LogP contribution >= 0.6 is 0 Å². The van der Waals surface area contributed by atoms with Crippen molar-refractivity contribution in [2.75, 3.05) is 7.11 Å². The number of benzene rings is 1. The molecule has 2 rings (SSSR count). The summed E-state index contributed by atoms with van der Waals surface area (Å²) in [6, 6.07) is 8.26. The lowest BCUT2D eigenvalue weighted by Crippen LogP contribution is -2.24. The molecule has 0 bridgehead atoms. The van der Waals surface area contributed by atoms with Crippen LogP contribution in [0.3, 0.4) is 0 Å². The lowest BCUT2D eigenvalue weighted by Gasteiger charge is -2.18. The van der Waals surface area contributed by atoms with Gasteiger partial charge in [0.25, 0.3) is 0 Å². The van der Waals surface area contributed by atoms with E-state index in [1.807, 2.05) is 18.2 Å². The first-order valence-corrected chi connectivity index (χ1v) is 6.34. The van der Waals surface area contributed by atoms with Crippen molar-refractivity contribution >= 4 is 0 Å². The van der Waals surface area contributed by atoms with Crippen molar-refractivity contribution in [1.82, 2.24) is 5.48 Å². The van der Waals surface area contributed by atoms with Gasteiger partial charge in [0.15, 0.2) is 0 Å². The van der Waals surface area contributed by atoms with Crippen molar-refractivity contribution in [2.45, 2.75) is 44.8 Å². The number of hydrogen-bond donors (Lipinski definition) is 1. The van der Waals surface area contributed by atoms with Gasteiger partial charge in [0, 0.05) is 0 Å². The van der Waals surface area contributed by atoms with Crippen molar-refractivity contribution in [3.8, 4) is 5.75 Å². The van der Waals surface area contributed by atoms with E-state index in [1.54, 1.807) is 7.11 Å². The second-order valence-electron chi connectivity index (χ2n) is 4.64. The van der Waals surface area contributed by atoms with Crippen LogP contribution < -0.4 is 10.2 Å². The molecule has 1 saturated carbocycles. The fourth-order valence-corrected chi connectivity index (χ4v) is 2.18. The predicted molar refractivity (Wildman–Crippen MR) is 67.9 cm³/mol. The summed E-state index contributed by atoms with van der Waals surface area (Å²) in [4.78, 5) is 5.70. The molecule has 1 unspecified atom stereocenters. The molecule has 1 N–H and O–H groups in total. The summed E-state index contributed by atoms with van der Waals surface area (Å²) in [5, 5.41) is 0. The monoisotopic (exact) mass is 235 g/mol. The normalized spacial score (nSPS) is 18.2. The predicted octanol–water partition coefficient (Wildman–Crippen LogP) is 3.22. The lowest BCUT2D eigenvalue weighted by atomic mass is 10.1. The van der Waals surface area contributed by atoms with Gasteiger partial charge in [-0.15, -0.1) is 0 Å². The third-order valence-electron chi connectivity index (χ3n) is 3.31. The van der Waals surface area contributed by atoms with Gasteiger partial charge in [0.05, 0.1) is 19.3 Å². The van der Waals surface area contributed by atoms with Crippen LogP contribution in [-0.4, -0.2) is 13.2 Å². The van der Waals surface area contributed by atoms with Gasteiger partial charge in [0.2, 0.25) is 0 Å². The third kappa shape index (κ3) is 3.45. The van der Waals surface area contributed by atoms with Crippen LogP contribution in [0, 0.1) is 0 Å². The highest BCUT2D eigenvalue weighted by atomic mass is 16.7. The minimum absolute atomic E-state index is 0.186. The first-order valence-electron chi connectivity index (χ1n) is 6.34. The van der Waals surface area contributed by atoms with Gasteiger partial charge >= 0.3 is 0 Å². The molecule has 0 heterocycles. The van der Waals surface area contributed by atoms with Gasteiger partial charge in [0.1, 0.15) is 5.75 Å². The molecule has 0 saturated heterocycles.